The van der Waals surface area contributed by atoms with Gasteiger partial charge in [0.25, 0.3) is 0 Å². The Morgan fingerprint density at radius 1 is 1.16 bits per heavy atom. The van der Waals surface area contributed by atoms with Gasteiger partial charge in [-0.05, 0) is 44.8 Å². The topological polar surface area (TPSA) is 27.3 Å². The van der Waals surface area contributed by atoms with E-state index in [9.17, 15) is 13.2 Å². The Morgan fingerprint density at radius 2 is 2.00 bits per heavy atom. The van der Waals surface area contributed by atoms with Crippen molar-refractivity contribution >= 4 is 0 Å². The number of likely N-dealkylation sites (tertiary alicyclic amines) is 1. The fourth-order valence-corrected chi connectivity index (χ4v) is 3.04. The second-order valence-corrected chi connectivity index (χ2v) is 5.81. The number of nitrogens with zero attached hydrogens (tertiary/aromatic N) is 1. The number of rotatable bonds is 5. The fourth-order valence-electron chi connectivity index (χ4n) is 3.04. The van der Waals surface area contributed by atoms with Gasteiger partial charge in [-0.25, -0.2) is 0 Å². The molecule has 2 heterocycles. The van der Waals surface area contributed by atoms with Gasteiger partial charge in [0.2, 0.25) is 0 Å². The summed E-state index contributed by atoms with van der Waals surface area (Å²) in [5, 5.41) is 6.87. The second-order valence-electron chi connectivity index (χ2n) is 5.81. The Hall–Kier alpha value is -0.330. The monoisotopic (exact) mass is 279 g/mol. The zero-order chi connectivity index (χ0) is 13.7. The number of alkyl halides is 3. The Bertz CT molecular complexity index is 264. The van der Waals surface area contributed by atoms with E-state index in [0.717, 1.165) is 26.1 Å². The molecule has 6 heteroatoms. The van der Waals surface area contributed by atoms with Crippen LogP contribution in [-0.4, -0.2) is 56.4 Å². The van der Waals surface area contributed by atoms with Crippen molar-refractivity contribution in [2.75, 3.05) is 39.3 Å². The third-order valence-corrected chi connectivity index (χ3v) is 4.01. The third kappa shape index (κ3) is 5.67. The van der Waals surface area contributed by atoms with Gasteiger partial charge in [0.05, 0.1) is 6.54 Å². The molecule has 112 valence electrons. The average molecular weight is 279 g/mol. The Balaban J connectivity index is 1.57. The molecule has 0 aromatic rings. The normalized spacial score (nSPS) is 29.8. The minimum Gasteiger partial charge on any atom is -0.315 e. The van der Waals surface area contributed by atoms with E-state index in [2.05, 4.69) is 10.6 Å². The largest absolute Gasteiger partial charge is 0.401 e. The van der Waals surface area contributed by atoms with Crippen molar-refractivity contribution in [3.63, 3.8) is 0 Å². The van der Waals surface area contributed by atoms with Crippen LogP contribution in [0.1, 0.15) is 25.7 Å². The molecule has 0 amide bonds. The zero-order valence-corrected chi connectivity index (χ0v) is 11.3. The van der Waals surface area contributed by atoms with E-state index in [1.807, 2.05) is 0 Å². The maximum atomic E-state index is 12.3. The number of piperidine rings is 1. The minimum absolute atomic E-state index is 0.367. The summed E-state index contributed by atoms with van der Waals surface area (Å²) in [5.74, 6) is 0.367. The first-order valence-electron chi connectivity index (χ1n) is 7.26. The van der Waals surface area contributed by atoms with Crippen LogP contribution in [0.15, 0.2) is 0 Å². The van der Waals surface area contributed by atoms with Gasteiger partial charge in [0, 0.05) is 19.1 Å². The lowest BCUT2D eigenvalue weighted by atomic mass is 10.0. The van der Waals surface area contributed by atoms with E-state index < -0.39 is 12.7 Å². The number of hydrogen-bond acceptors (Lipinski definition) is 3. The molecule has 2 unspecified atom stereocenters. The fraction of sp³-hybridized carbons (Fsp3) is 1.00. The third-order valence-electron chi connectivity index (χ3n) is 4.01. The molecule has 0 saturated carbocycles. The van der Waals surface area contributed by atoms with E-state index in [0.29, 0.717) is 25.0 Å². The van der Waals surface area contributed by atoms with Gasteiger partial charge in [-0.2, -0.15) is 13.2 Å². The van der Waals surface area contributed by atoms with Crippen molar-refractivity contribution in [1.82, 2.24) is 15.5 Å². The molecule has 2 N–H and O–H groups in total. The molecule has 2 aliphatic heterocycles. The minimum atomic E-state index is -4.06. The van der Waals surface area contributed by atoms with Crippen molar-refractivity contribution in [2.24, 2.45) is 5.92 Å². The van der Waals surface area contributed by atoms with Crippen LogP contribution >= 0.6 is 0 Å². The lowest BCUT2D eigenvalue weighted by Crippen LogP contribution is -2.43. The maximum absolute atomic E-state index is 12.3. The van der Waals surface area contributed by atoms with Crippen molar-refractivity contribution in [3.05, 3.63) is 0 Å². The van der Waals surface area contributed by atoms with Crippen molar-refractivity contribution in [2.45, 2.75) is 37.9 Å². The summed E-state index contributed by atoms with van der Waals surface area (Å²) in [4.78, 5) is 1.52. The smallest absolute Gasteiger partial charge is 0.315 e. The molecule has 0 aromatic carbocycles. The number of halogens is 3. The molecule has 2 atom stereocenters. The van der Waals surface area contributed by atoms with Gasteiger partial charge in [0.15, 0.2) is 0 Å². The second kappa shape index (κ2) is 6.90. The summed E-state index contributed by atoms with van der Waals surface area (Å²) < 4.78 is 36.8. The molecule has 19 heavy (non-hydrogen) atoms. The van der Waals surface area contributed by atoms with Gasteiger partial charge in [0.1, 0.15) is 0 Å². The molecule has 0 bridgehead atoms. The lowest BCUT2D eigenvalue weighted by Gasteiger charge is -2.24. The molecular weight excluding hydrogens is 255 g/mol. The predicted octanol–water partition coefficient (Wildman–Crippen LogP) is 1.60. The van der Waals surface area contributed by atoms with E-state index in [1.54, 1.807) is 0 Å². The van der Waals surface area contributed by atoms with Crippen LogP contribution in [0.4, 0.5) is 13.2 Å². The molecule has 3 nitrogen and oxygen atoms in total. The highest BCUT2D eigenvalue weighted by molar-refractivity contribution is 4.80. The maximum Gasteiger partial charge on any atom is 0.401 e. The SMILES string of the molecule is FC(F)(F)CN1CCC(CNCC2CCCCN2)C1. The summed E-state index contributed by atoms with van der Waals surface area (Å²) in [5.41, 5.74) is 0. The van der Waals surface area contributed by atoms with Crippen LogP contribution in [0, 0.1) is 5.92 Å². The van der Waals surface area contributed by atoms with E-state index >= 15 is 0 Å². The molecule has 2 fully saturated rings. The van der Waals surface area contributed by atoms with E-state index in [-0.39, 0.29) is 0 Å². The number of nitrogens with one attached hydrogen (secondary N) is 2. The first-order valence-corrected chi connectivity index (χ1v) is 7.26. The molecule has 2 saturated heterocycles. The van der Waals surface area contributed by atoms with Crippen molar-refractivity contribution < 1.29 is 13.2 Å². The molecule has 0 radical (unpaired) electrons. The Kier molecular flexibility index (Phi) is 5.47. The summed E-state index contributed by atoms with van der Waals surface area (Å²) in [6.45, 7) is 3.27. The molecule has 2 aliphatic rings. The van der Waals surface area contributed by atoms with Crippen LogP contribution in [0.3, 0.4) is 0 Å². The van der Waals surface area contributed by atoms with E-state index in [4.69, 9.17) is 0 Å². The van der Waals surface area contributed by atoms with Crippen molar-refractivity contribution in [3.8, 4) is 0 Å². The van der Waals surface area contributed by atoms with Crippen LogP contribution < -0.4 is 10.6 Å². The summed E-state index contributed by atoms with van der Waals surface area (Å²) in [7, 11) is 0. The molecule has 2 rings (SSSR count). The quantitative estimate of drug-likeness (QED) is 0.800. The Morgan fingerprint density at radius 3 is 2.68 bits per heavy atom. The van der Waals surface area contributed by atoms with Crippen LogP contribution in [0.25, 0.3) is 0 Å². The van der Waals surface area contributed by atoms with Crippen molar-refractivity contribution in [1.29, 1.82) is 0 Å². The summed E-state index contributed by atoms with van der Waals surface area (Å²) >= 11 is 0. The highest BCUT2D eigenvalue weighted by Gasteiger charge is 2.34. The zero-order valence-electron chi connectivity index (χ0n) is 11.3. The summed E-state index contributed by atoms with van der Waals surface area (Å²) in [6, 6.07) is 0.543. The summed E-state index contributed by atoms with van der Waals surface area (Å²) in [6.07, 6.45) is 0.557. The highest BCUT2D eigenvalue weighted by atomic mass is 19.4. The molecule has 0 aliphatic carbocycles. The predicted molar refractivity (Wildman–Crippen MR) is 69.1 cm³/mol. The van der Waals surface area contributed by atoms with Gasteiger partial charge < -0.3 is 10.6 Å². The van der Waals surface area contributed by atoms with Gasteiger partial charge in [-0.15, -0.1) is 0 Å². The standard InChI is InChI=1S/C13H24F3N3/c14-13(15,16)10-19-6-4-11(9-19)7-17-8-12-3-1-2-5-18-12/h11-12,17-18H,1-10H2. The average Bonchev–Trinajstić information content (AvgIpc) is 2.76. The highest BCUT2D eigenvalue weighted by Crippen LogP contribution is 2.22. The van der Waals surface area contributed by atoms with Crippen LogP contribution in [0.2, 0.25) is 0 Å². The van der Waals surface area contributed by atoms with Gasteiger partial charge in [-0.1, -0.05) is 6.42 Å². The van der Waals surface area contributed by atoms with E-state index in [1.165, 1.54) is 24.2 Å². The lowest BCUT2D eigenvalue weighted by molar-refractivity contribution is -0.143. The molecule has 0 spiro atoms. The molecule has 0 aromatic heterocycles. The van der Waals surface area contributed by atoms with Crippen LogP contribution in [-0.2, 0) is 0 Å². The van der Waals surface area contributed by atoms with Gasteiger partial charge in [-0.3, -0.25) is 4.90 Å². The number of hydrogen-bond donors (Lipinski definition) is 2. The molecular formula is C13H24F3N3. The van der Waals surface area contributed by atoms with Crippen LogP contribution in [0.5, 0.6) is 0 Å². The first kappa shape index (κ1) is 15.1. The first-order chi connectivity index (χ1) is 9.03. The van der Waals surface area contributed by atoms with Gasteiger partial charge >= 0.3 is 6.18 Å². The Labute approximate surface area is 112 Å².